The van der Waals surface area contributed by atoms with Crippen LogP contribution in [0.2, 0.25) is 0 Å². The van der Waals surface area contributed by atoms with Crippen LogP contribution in [-0.4, -0.2) is 40.5 Å². The smallest absolute Gasteiger partial charge is 0.227 e. The summed E-state index contributed by atoms with van der Waals surface area (Å²) in [7, 11) is 1.98. The number of hydrogen-bond acceptors (Lipinski definition) is 6. The van der Waals surface area contributed by atoms with Gasteiger partial charge in [0.15, 0.2) is 5.82 Å². The molecular formula is C30H30FN7O. The maximum absolute atomic E-state index is 15.7. The highest BCUT2D eigenvalue weighted by atomic mass is 19.1. The molecule has 5 heterocycles. The molecule has 198 valence electrons. The average molecular weight is 524 g/mol. The van der Waals surface area contributed by atoms with Gasteiger partial charge in [-0.05, 0) is 43.2 Å². The van der Waals surface area contributed by atoms with E-state index in [9.17, 15) is 4.79 Å². The van der Waals surface area contributed by atoms with Gasteiger partial charge in [0.2, 0.25) is 5.91 Å². The first kappa shape index (κ1) is 23.7. The van der Waals surface area contributed by atoms with E-state index in [1.807, 2.05) is 37.5 Å². The minimum Gasteiger partial charge on any atom is -0.376 e. The minimum absolute atomic E-state index is 0.0191. The summed E-state index contributed by atoms with van der Waals surface area (Å²) >= 11 is 0. The summed E-state index contributed by atoms with van der Waals surface area (Å²) in [5, 5.41) is 9.72. The van der Waals surface area contributed by atoms with E-state index in [0.29, 0.717) is 16.8 Å². The molecular weight excluding hydrogens is 493 g/mol. The van der Waals surface area contributed by atoms with Crippen molar-refractivity contribution in [1.82, 2.24) is 20.3 Å². The quantitative estimate of drug-likeness (QED) is 0.348. The van der Waals surface area contributed by atoms with Crippen LogP contribution in [0.4, 0.5) is 21.6 Å². The molecule has 2 aromatic heterocycles. The highest BCUT2D eigenvalue weighted by Gasteiger charge is 2.39. The lowest BCUT2D eigenvalue weighted by atomic mass is 9.88. The van der Waals surface area contributed by atoms with Crippen molar-refractivity contribution >= 4 is 34.7 Å². The summed E-state index contributed by atoms with van der Waals surface area (Å²) in [4.78, 5) is 27.6. The molecule has 1 aromatic carbocycles. The van der Waals surface area contributed by atoms with Crippen LogP contribution in [-0.2, 0) is 4.79 Å². The van der Waals surface area contributed by atoms with Crippen LogP contribution in [0, 0.1) is 11.7 Å². The molecule has 4 N–H and O–H groups in total. The molecule has 1 atom stereocenters. The predicted octanol–water partition coefficient (Wildman–Crippen LogP) is 5.26. The van der Waals surface area contributed by atoms with Crippen molar-refractivity contribution in [3.8, 4) is 11.1 Å². The number of halogens is 1. The number of H-pyrrole nitrogens is 1. The largest absolute Gasteiger partial charge is 0.376 e. The standard InChI is InChI=1S/C30H30FN7O/c1-38-16-24-27(35-24)26(29-36-23-9-5-6-10-33-28(23)37-29)21-12-20(22(31)13-25(21)38)18-11-19(15-32-14-18)34-30(39)17-7-3-2-4-8-17/h5-6,9-15,17,24,33,35H,2-4,7-8,16H2,1H3,(H,34,39)(H,36,37). The van der Waals surface area contributed by atoms with Crippen LogP contribution in [0.5, 0.6) is 0 Å². The van der Waals surface area contributed by atoms with E-state index >= 15 is 4.39 Å². The Morgan fingerprint density at radius 1 is 1.10 bits per heavy atom. The van der Waals surface area contributed by atoms with E-state index in [0.717, 1.165) is 72.1 Å². The zero-order valence-corrected chi connectivity index (χ0v) is 21.7. The third-order valence-corrected chi connectivity index (χ3v) is 8.04. The van der Waals surface area contributed by atoms with E-state index in [-0.39, 0.29) is 23.7 Å². The maximum atomic E-state index is 15.7. The number of benzene rings is 1. The monoisotopic (exact) mass is 523 g/mol. The van der Waals surface area contributed by atoms with Crippen molar-refractivity contribution in [2.75, 3.05) is 29.1 Å². The number of aromatic nitrogens is 3. The van der Waals surface area contributed by atoms with Gasteiger partial charge in [-0.1, -0.05) is 25.3 Å². The Labute approximate surface area is 226 Å². The number of amides is 1. The Hall–Kier alpha value is -4.40. The topological polar surface area (TPSA) is 108 Å². The van der Waals surface area contributed by atoms with E-state index in [1.165, 1.54) is 6.42 Å². The Kier molecular flexibility index (Phi) is 5.72. The number of pyridine rings is 1. The zero-order chi connectivity index (χ0) is 26.5. The van der Waals surface area contributed by atoms with E-state index in [2.05, 4.69) is 30.8 Å². The van der Waals surface area contributed by atoms with Crippen molar-refractivity contribution < 1.29 is 9.18 Å². The van der Waals surface area contributed by atoms with Gasteiger partial charge in [-0.15, -0.1) is 0 Å². The van der Waals surface area contributed by atoms with Crippen LogP contribution in [0.25, 0.3) is 22.8 Å². The normalized spacial score (nSPS) is 19.7. The number of carbonyl (C=O) groups excluding carboxylic acids is 1. The molecule has 1 aliphatic carbocycles. The zero-order valence-electron chi connectivity index (χ0n) is 21.7. The van der Waals surface area contributed by atoms with Crippen LogP contribution >= 0.6 is 0 Å². The summed E-state index contributed by atoms with van der Waals surface area (Å²) in [6.07, 6.45) is 16.1. The number of rotatable bonds is 4. The lowest BCUT2D eigenvalue weighted by Crippen LogP contribution is -2.24. The third kappa shape index (κ3) is 4.37. The molecule has 0 spiro atoms. The first-order valence-corrected chi connectivity index (χ1v) is 13.6. The van der Waals surface area contributed by atoms with Crippen molar-refractivity contribution in [2.24, 2.45) is 5.92 Å². The fourth-order valence-corrected chi connectivity index (χ4v) is 5.94. The van der Waals surface area contributed by atoms with Crippen molar-refractivity contribution in [1.29, 1.82) is 0 Å². The van der Waals surface area contributed by atoms with E-state index < -0.39 is 0 Å². The number of imidazole rings is 1. The second-order valence-corrected chi connectivity index (χ2v) is 10.7. The van der Waals surface area contributed by atoms with Gasteiger partial charge in [0.05, 0.1) is 23.6 Å². The number of hydrogen-bond donors (Lipinski definition) is 4. The van der Waals surface area contributed by atoms with E-state index in [4.69, 9.17) is 4.98 Å². The minimum atomic E-state index is -0.337. The van der Waals surface area contributed by atoms with Crippen molar-refractivity contribution in [3.63, 3.8) is 0 Å². The number of nitrogens with one attached hydrogen (secondary N) is 4. The average Bonchev–Trinajstić information content (AvgIpc) is 3.65. The number of likely N-dealkylation sites (N-methyl/N-ethyl adjacent to an activating group) is 1. The molecule has 2 fully saturated rings. The number of aromatic amines is 1. The van der Waals surface area contributed by atoms with Gasteiger partial charge < -0.3 is 25.8 Å². The second-order valence-electron chi connectivity index (χ2n) is 10.7. The predicted molar refractivity (Wildman–Crippen MR) is 151 cm³/mol. The summed E-state index contributed by atoms with van der Waals surface area (Å²) in [5.41, 5.74) is 6.21. The van der Waals surface area contributed by atoms with Gasteiger partial charge in [0.25, 0.3) is 0 Å². The molecule has 8 nitrogen and oxygen atoms in total. The van der Waals surface area contributed by atoms with Crippen LogP contribution in [0.1, 0.15) is 49.2 Å². The van der Waals surface area contributed by atoms with Crippen LogP contribution in [0.15, 0.2) is 54.6 Å². The molecule has 1 amide bonds. The summed E-state index contributed by atoms with van der Waals surface area (Å²) in [6, 6.07) is 5.46. The van der Waals surface area contributed by atoms with E-state index in [1.54, 1.807) is 24.5 Å². The molecule has 0 bridgehead atoms. The first-order chi connectivity index (χ1) is 19.0. The molecule has 1 saturated carbocycles. The van der Waals surface area contributed by atoms with Crippen LogP contribution in [0.3, 0.4) is 0 Å². The highest BCUT2D eigenvalue weighted by Crippen LogP contribution is 2.44. The highest BCUT2D eigenvalue weighted by molar-refractivity contribution is 5.94. The lowest BCUT2D eigenvalue weighted by Gasteiger charge is -2.22. The number of carbonyl (C=O) groups is 1. The fraction of sp³-hybridized carbons (Fsp3) is 0.300. The van der Waals surface area contributed by atoms with Crippen molar-refractivity contribution in [3.05, 3.63) is 77.5 Å². The van der Waals surface area contributed by atoms with Gasteiger partial charge >= 0.3 is 0 Å². The van der Waals surface area contributed by atoms with Gasteiger partial charge in [0.1, 0.15) is 11.6 Å². The molecule has 1 unspecified atom stereocenters. The third-order valence-electron chi connectivity index (χ3n) is 8.04. The Morgan fingerprint density at radius 2 is 1.97 bits per heavy atom. The molecule has 39 heavy (non-hydrogen) atoms. The lowest BCUT2D eigenvalue weighted by molar-refractivity contribution is -0.120. The number of anilines is 3. The van der Waals surface area contributed by atoms with Crippen molar-refractivity contribution in [2.45, 2.75) is 38.1 Å². The SMILES string of the molecule is CN1CC2NC2=C(c2nc3c([nH]2)C=CC=CN3)c2cc(-c3cncc(NC(=O)C4CCCCC4)c3)c(F)cc21. The van der Waals surface area contributed by atoms with Gasteiger partial charge in [-0.25, -0.2) is 9.37 Å². The Bertz CT molecular complexity index is 1560. The fourth-order valence-electron chi connectivity index (χ4n) is 5.94. The van der Waals surface area contributed by atoms with Gasteiger partial charge in [-0.2, -0.15) is 0 Å². The molecule has 3 aromatic rings. The molecule has 9 heteroatoms. The number of allylic oxidation sites excluding steroid dienone is 2. The first-order valence-electron chi connectivity index (χ1n) is 13.6. The summed E-state index contributed by atoms with van der Waals surface area (Å²) in [6.45, 7) is 0.732. The Balaban J connectivity index is 1.28. The van der Waals surface area contributed by atoms with Gasteiger partial charge in [-0.3, -0.25) is 9.78 Å². The van der Waals surface area contributed by atoms with Crippen LogP contribution < -0.4 is 20.9 Å². The number of fused-ring (bicyclic) bond motifs is 3. The molecule has 0 radical (unpaired) electrons. The summed E-state index contributed by atoms with van der Waals surface area (Å²) < 4.78 is 15.7. The Morgan fingerprint density at radius 3 is 2.85 bits per heavy atom. The number of nitrogens with zero attached hydrogens (tertiary/aromatic N) is 3. The maximum Gasteiger partial charge on any atom is 0.227 e. The molecule has 7 rings (SSSR count). The summed E-state index contributed by atoms with van der Waals surface area (Å²) in [5.74, 6) is 1.17. The van der Waals surface area contributed by atoms with Gasteiger partial charge in [0, 0.05) is 65.6 Å². The molecule has 4 aliphatic rings. The molecule has 1 saturated heterocycles. The molecule has 3 aliphatic heterocycles. The second kappa shape index (κ2) is 9.41.